The zero-order chi connectivity index (χ0) is 11.8. The Kier molecular flexibility index (Phi) is 2.68. The number of nitrogens with zero attached hydrogens (tertiary/aromatic N) is 5. The fraction of sp³-hybridized carbons (Fsp3) is 0.286. The van der Waals surface area contributed by atoms with Crippen LogP contribution < -0.4 is 0 Å². The van der Waals surface area contributed by atoms with Gasteiger partial charge in [-0.1, -0.05) is 0 Å². The number of hydrogen-bond donors (Lipinski definition) is 0. The van der Waals surface area contributed by atoms with E-state index in [4.69, 9.17) is 10.7 Å². The molecule has 86 valence electrons. The first kappa shape index (κ1) is 11.1. The summed E-state index contributed by atoms with van der Waals surface area (Å²) in [5.41, 5.74) is 0. The topological polar surface area (TPSA) is 82.7 Å². The van der Waals surface area contributed by atoms with Gasteiger partial charge in [0.2, 0.25) is 0 Å². The van der Waals surface area contributed by atoms with Gasteiger partial charge in [0.15, 0.2) is 5.03 Å². The molecule has 9 heteroatoms. The fourth-order valence-electron chi connectivity index (χ4n) is 1.18. The second kappa shape index (κ2) is 3.87. The molecule has 0 aliphatic carbocycles. The van der Waals surface area contributed by atoms with Crippen LogP contribution in [0.25, 0.3) is 0 Å². The van der Waals surface area contributed by atoms with Gasteiger partial charge >= 0.3 is 0 Å². The summed E-state index contributed by atoms with van der Waals surface area (Å²) in [4.78, 5) is 7.69. The fourth-order valence-corrected chi connectivity index (χ4v) is 1.85. The summed E-state index contributed by atoms with van der Waals surface area (Å²) in [6.45, 7) is 0.385. The van der Waals surface area contributed by atoms with E-state index in [0.717, 1.165) is 0 Å². The van der Waals surface area contributed by atoms with Gasteiger partial charge in [-0.25, -0.2) is 18.4 Å². The van der Waals surface area contributed by atoms with Crippen LogP contribution in [0.5, 0.6) is 0 Å². The van der Waals surface area contributed by atoms with Gasteiger partial charge in [0.05, 0.1) is 12.9 Å². The highest BCUT2D eigenvalue weighted by molar-refractivity contribution is 8.13. The van der Waals surface area contributed by atoms with Crippen molar-refractivity contribution in [1.82, 2.24) is 24.3 Å². The molecule has 0 fully saturated rings. The lowest BCUT2D eigenvalue weighted by Crippen LogP contribution is -2.05. The summed E-state index contributed by atoms with van der Waals surface area (Å²) in [6.07, 6.45) is 4.15. The smallest absolute Gasteiger partial charge is 0.280 e. The largest absolute Gasteiger partial charge is 0.328 e. The first-order valence-corrected chi connectivity index (χ1v) is 6.57. The van der Waals surface area contributed by atoms with E-state index in [0.29, 0.717) is 12.4 Å². The molecule has 0 aliphatic rings. The average Bonchev–Trinajstić information content (AvgIpc) is 2.76. The monoisotopic (exact) mass is 261 g/mol. The number of hydrogen-bond acceptors (Lipinski definition) is 5. The molecule has 0 spiro atoms. The molecule has 16 heavy (non-hydrogen) atoms. The minimum atomic E-state index is -3.77. The van der Waals surface area contributed by atoms with Gasteiger partial charge in [-0.2, -0.15) is 5.10 Å². The van der Waals surface area contributed by atoms with Crippen molar-refractivity contribution in [1.29, 1.82) is 0 Å². The van der Waals surface area contributed by atoms with Crippen molar-refractivity contribution in [3.63, 3.8) is 0 Å². The quantitative estimate of drug-likeness (QED) is 0.726. The predicted molar refractivity (Wildman–Crippen MR) is 55.4 cm³/mol. The molecule has 0 N–H and O–H groups in total. The molecule has 2 aromatic heterocycles. The van der Waals surface area contributed by atoms with Crippen molar-refractivity contribution >= 4 is 19.7 Å². The van der Waals surface area contributed by atoms with E-state index in [-0.39, 0.29) is 5.03 Å². The van der Waals surface area contributed by atoms with Gasteiger partial charge in [0.25, 0.3) is 9.05 Å². The van der Waals surface area contributed by atoms with Crippen molar-refractivity contribution in [2.24, 2.45) is 7.05 Å². The molecule has 0 atom stereocenters. The first-order chi connectivity index (χ1) is 7.47. The molecule has 0 radical (unpaired) electrons. The van der Waals surface area contributed by atoms with Crippen molar-refractivity contribution in [2.75, 3.05) is 0 Å². The lowest BCUT2D eigenvalue weighted by molar-refractivity contribution is 0.606. The summed E-state index contributed by atoms with van der Waals surface area (Å²) in [6, 6.07) is 0. The van der Waals surface area contributed by atoms with Gasteiger partial charge in [-0.15, -0.1) is 0 Å². The normalized spacial score (nSPS) is 11.9. The third-order valence-electron chi connectivity index (χ3n) is 1.99. The van der Waals surface area contributed by atoms with Crippen molar-refractivity contribution in [2.45, 2.75) is 11.6 Å². The van der Waals surface area contributed by atoms with Crippen LogP contribution in [0, 0.1) is 0 Å². The highest BCUT2D eigenvalue weighted by Gasteiger charge is 2.13. The van der Waals surface area contributed by atoms with Crippen molar-refractivity contribution < 1.29 is 8.42 Å². The summed E-state index contributed by atoms with van der Waals surface area (Å²) in [5, 5.41) is 3.73. The number of aryl methyl sites for hydroxylation is 1. The van der Waals surface area contributed by atoms with Crippen LogP contribution in [-0.2, 0) is 22.6 Å². The standard InChI is InChI=1S/C7H8ClN5O2S/c1-12-6(9-4-11-12)2-13-3-7(10-5-13)16(8,14)15/h3-5H,2H2,1H3. The zero-order valence-corrected chi connectivity index (χ0v) is 9.85. The van der Waals surface area contributed by atoms with Crippen LogP contribution in [0.3, 0.4) is 0 Å². The molecular formula is C7H8ClN5O2S. The Labute approximate surface area is 96.1 Å². The number of rotatable bonds is 3. The van der Waals surface area contributed by atoms with E-state index in [1.165, 1.54) is 18.9 Å². The molecule has 0 saturated heterocycles. The van der Waals surface area contributed by atoms with E-state index < -0.39 is 9.05 Å². The van der Waals surface area contributed by atoms with Gasteiger partial charge in [0.1, 0.15) is 12.2 Å². The van der Waals surface area contributed by atoms with Crippen LogP contribution >= 0.6 is 10.7 Å². The maximum Gasteiger partial charge on any atom is 0.280 e. The Bertz CT molecular complexity index is 602. The number of halogens is 1. The summed E-state index contributed by atoms with van der Waals surface area (Å²) >= 11 is 0. The van der Waals surface area contributed by atoms with Gasteiger partial charge in [-0.05, 0) is 0 Å². The van der Waals surface area contributed by atoms with Gasteiger partial charge in [0, 0.05) is 23.9 Å². The Balaban J connectivity index is 2.25. The Morgan fingerprint density at radius 3 is 2.69 bits per heavy atom. The molecule has 7 nitrogen and oxygen atoms in total. The maximum atomic E-state index is 11.0. The van der Waals surface area contributed by atoms with Gasteiger partial charge < -0.3 is 4.57 Å². The SMILES string of the molecule is Cn1ncnc1Cn1cnc(S(=O)(=O)Cl)c1. The first-order valence-electron chi connectivity index (χ1n) is 4.26. The molecule has 0 bridgehead atoms. The predicted octanol–water partition coefficient (Wildman–Crippen LogP) is -0.0126. The minimum Gasteiger partial charge on any atom is -0.328 e. The van der Waals surface area contributed by atoms with Crippen LogP contribution in [0.4, 0.5) is 0 Å². The van der Waals surface area contributed by atoms with Crippen LogP contribution in [0.15, 0.2) is 23.9 Å². The molecule has 0 aromatic carbocycles. The molecular weight excluding hydrogens is 254 g/mol. The second-order valence-corrected chi connectivity index (χ2v) is 5.63. The molecule has 2 rings (SSSR count). The lowest BCUT2D eigenvalue weighted by atomic mass is 10.6. The Hall–Kier alpha value is -1.41. The molecule has 0 unspecified atom stereocenters. The van der Waals surface area contributed by atoms with E-state index in [1.54, 1.807) is 16.3 Å². The molecule has 0 aliphatic heterocycles. The lowest BCUT2D eigenvalue weighted by Gasteiger charge is -1.99. The highest BCUT2D eigenvalue weighted by Crippen LogP contribution is 2.11. The molecule has 0 amide bonds. The summed E-state index contributed by atoms with van der Waals surface area (Å²) in [5.74, 6) is 0.691. The maximum absolute atomic E-state index is 11.0. The second-order valence-electron chi connectivity index (χ2n) is 3.12. The van der Waals surface area contributed by atoms with Gasteiger partial charge in [-0.3, -0.25) is 4.68 Å². The van der Waals surface area contributed by atoms with Crippen molar-refractivity contribution in [3.8, 4) is 0 Å². The van der Waals surface area contributed by atoms with Crippen LogP contribution in [0.2, 0.25) is 0 Å². The van der Waals surface area contributed by atoms with Crippen LogP contribution in [0.1, 0.15) is 5.82 Å². The third-order valence-corrected chi connectivity index (χ3v) is 3.17. The molecule has 0 saturated carbocycles. The zero-order valence-electron chi connectivity index (χ0n) is 8.28. The number of aromatic nitrogens is 5. The summed E-state index contributed by atoms with van der Waals surface area (Å²) in [7, 11) is 3.12. The molecule has 2 aromatic rings. The minimum absolute atomic E-state index is 0.170. The van der Waals surface area contributed by atoms with Crippen molar-refractivity contribution in [3.05, 3.63) is 24.7 Å². The Morgan fingerprint density at radius 2 is 2.19 bits per heavy atom. The average molecular weight is 262 g/mol. The highest BCUT2D eigenvalue weighted by atomic mass is 35.7. The Morgan fingerprint density at radius 1 is 1.44 bits per heavy atom. The number of imidazole rings is 1. The van der Waals surface area contributed by atoms with E-state index >= 15 is 0 Å². The third kappa shape index (κ3) is 2.22. The van der Waals surface area contributed by atoms with E-state index in [2.05, 4.69) is 15.1 Å². The van der Waals surface area contributed by atoms with E-state index in [1.807, 2.05) is 0 Å². The summed E-state index contributed by atoms with van der Waals surface area (Å²) < 4.78 is 25.1. The molecule has 2 heterocycles. The van der Waals surface area contributed by atoms with E-state index in [9.17, 15) is 8.42 Å². The van der Waals surface area contributed by atoms with Crippen LogP contribution in [-0.4, -0.2) is 32.7 Å².